The lowest BCUT2D eigenvalue weighted by atomic mass is 10.2. The van der Waals surface area contributed by atoms with Crippen molar-refractivity contribution in [1.29, 1.82) is 0 Å². The molecule has 0 aliphatic heterocycles. The predicted molar refractivity (Wildman–Crippen MR) is 132 cm³/mol. The lowest BCUT2D eigenvalue weighted by molar-refractivity contribution is -0.113. The summed E-state index contributed by atoms with van der Waals surface area (Å²) in [6.07, 6.45) is 0.734. The first-order valence-electron chi connectivity index (χ1n) is 10.9. The van der Waals surface area contributed by atoms with Crippen molar-refractivity contribution in [1.82, 2.24) is 20.1 Å². The summed E-state index contributed by atoms with van der Waals surface area (Å²) in [5.41, 5.74) is 1.38. The maximum atomic E-state index is 12.4. The third-order valence-corrected chi connectivity index (χ3v) is 5.86. The van der Waals surface area contributed by atoms with E-state index < -0.39 is 5.97 Å². The third kappa shape index (κ3) is 7.31. The van der Waals surface area contributed by atoms with Crippen LogP contribution in [0.25, 0.3) is 0 Å². The number of hydrogen-bond donors (Lipinski definition) is 2. The third-order valence-electron chi connectivity index (χ3n) is 4.84. The molecule has 3 aromatic rings. The molecular weight excluding hydrogens is 470 g/mol. The van der Waals surface area contributed by atoms with Crippen LogP contribution in [0, 0.1) is 0 Å². The summed E-state index contributed by atoms with van der Waals surface area (Å²) >= 11 is 1.21. The fourth-order valence-corrected chi connectivity index (χ4v) is 3.69. The van der Waals surface area contributed by atoms with E-state index in [-0.39, 0.29) is 24.1 Å². The van der Waals surface area contributed by atoms with Crippen molar-refractivity contribution in [3.63, 3.8) is 0 Å². The average Bonchev–Trinajstić information content (AvgIpc) is 3.23. The summed E-state index contributed by atoms with van der Waals surface area (Å²) in [6.45, 7) is 2.44. The van der Waals surface area contributed by atoms with E-state index in [1.165, 1.54) is 11.8 Å². The second-order valence-electron chi connectivity index (χ2n) is 7.42. The molecule has 0 radical (unpaired) electrons. The Bertz CT molecular complexity index is 1180. The number of carbonyl (C=O) groups excluding carboxylic acids is 3. The van der Waals surface area contributed by atoms with E-state index in [9.17, 15) is 14.4 Å². The van der Waals surface area contributed by atoms with Crippen molar-refractivity contribution in [3.8, 4) is 5.75 Å². The maximum absolute atomic E-state index is 12.4. The van der Waals surface area contributed by atoms with Crippen molar-refractivity contribution in [3.05, 3.63) is 65.5 Å². The van der Waals surface area contributed by atoms with Gasteiger partial charge in [0.1, 0.15) is 5.75 Å². The van der Waals surface area contributed by atoms with Crippen LogP contribution in [0.1, 0.15) is 39.9 Å². The molecule has 0 unspecified atom stereocenters. The number of thioether (sulfide) groups is 1. The van der Waals surface area contributed by atoms with Gasteiger partial charge >= 0.3 is 5.97 Å². The minimum Gasteiger partial charge on any atom is -0.497 e. The average molecular weight is 498 g/mol. The van der Waals surface area contributed by atoms with E-state index in [4.69, 9.17) is 9.47 Å². The maximum Gasteiger partial charge on any atom is 0.338 e. The SMILES string of the molecule is CCCOC(=O)c1cccc(NC(=O)CSc2nnc(CNC(=O)c3ccc(OC)cc3)n2C)c1. The number of nitrogens with zero attached hydrogens (tertiary/aromatic N) is 3. The van der Waals surface area contributed by atoms with Gasteiger partial charge in [-0.1, -0.05) is 24.8 Å². The molecule has 2 aromatic carbocycles. The van der Waals surface area contributed by atoms with Gasteiger partial charge in [-0.2, -0.15) is 0 Å². The van der Waals surface area contributed by atoms with E-state index in [1.54, 1.807) is 67.3 Å². The Kier molecular flexibility index (Phi) is 9.24. The molecule has 0 aliphatic carbocycles. The Morgan fingerprint density at radius 1 is 1.06 bits per heavy atom. The molecule has 11 heteroatoms. The largest absolute Gasteiger partial charge is 0.497 e. The van der Waals surface area contributed by atoms with Gasteiger partial charge in [0.15, 0.2) is 11.0 Å². The number of aromatic nitrogens is 3. The molecule has 184 valence electrons. The number of carbonyl (C=O) groups is 3. The number of methoxy groups -OCH3 is 1. The Labute approximate surface area is 207 Å². The summed E-state index contributed by atoms with van der Waals surface area (Å²) in [6, 6.07) is 13.4. The van der Waals surface area contributed by atoms with E-state index in [0.717, 1.165) is 6.42 Å². The minimum absolute atomic E-state index is 0.0920. The molecule has 1 aromatic heterocycles. The summed E-state index contributed by atoms with van der Waals surface area (Å²) in [5.74, 6) is 0.379. The minimum atomic E-state index is -0.428. The van der Waals surface area contributed by atoms with Crippen LogP contribution in [0.4, 0.5) is 5.69 Å². The van der Waals surface area contributed by atoms with E-state index >= 15 is 0 Å². The van der Waals surface area contributed by atoms with Gasteiger partial charge in [0.25, 0.3) is 5.91 Å². The van der Waals surface area contributed by atoms with Crippen LogP contribution in [0.3, 0.4) is 0 Å². The highest BCUT2D eigenvalue weighted by atomic mass is 32.2. The zero-order chi connectivity index (χ0) is 25.2. The number of esters is 1. The summed E-state index contributed by atoms with van der Waals surface area (Å²) in [4.78, 5) is 36.8. The molecule has 0 aliphatic rings. The van der Waals surface area contributed by atoms with E-state index in [0.29, 0.717) is 40.2 Å². The summed E-state index contributed by atoms with van der Waals surface area (Å²) in [5, 5.41) is 14.3. The molecule has 0 atom stereocenters. The molecule has 0 fully saturated rings. The quantitative estimate of drug-likeness (QED) is 0.306. The van der Waals surface area contributed by atoms with Crippen LogP contribution >= 0.6 is 11.8 Å². The standard InChI is InChI=1S/C24H27N5O5S/c1-4-12-34-23(32)17-6-5-7-18(13-17)26-21(30)15-35-24-28-27-20(29(24)2)14-25-22(31)16-8-10-19(33-3)11-9-16/h5-11,13H,4,12,14-15H2,1-3H3,(H,25,31)(H,26,30). The Morgan fingerprint density at radius 3 is 2.54 bits per heavy atom. The van der Waals surface area contributed by atoms with Gasteiger partial charge in [-0.25, -0.2) is 4.79 Å². The highest BCUT2D eigenvalue weighted by Crippen LogP contribution is 2.18. The molecule has 10 nitrogen and oxygen atoms in total. The van der Waals surface area contributed by atoms with Crippen LogP contribution in [0.2, 0.25) is 0 Å². The Balaban J connectivity index is 1.50. The van der Waals surface area contributed by atoms with Gasteiger partial charge in [0.05, 0.1) is 31.6 Å². The first-order valence-corrected chi connectivity index (χ1v) is 11.9. The van der Waals surface area contributed by atoms with E-state index in [2.05, 4.69) is 20.8 Å². The fraction of sp³-hybridized carbons (Fsp3) is 0.292. The second-order valence-corrected chi connectivity index (χ2v) is 8.37. The second kappa shape index (κ2) is 12.6. The zero-order valence-electron chi connectivity index (χ0n) is 19.7. The normalized spacial score (nSPS) is 10.5. The number of amides is 2. The van der Waals surface area contributed by atoms with Gasteiger partial charge in [-0.05, 0) is 48.9 Å². The monoisotopic (exact) mass is 497 g/mol. The summed E-state index contributed by atoms with van der Waals surface area (Å²) < 4.78 is 11.9. The van der Waals surface area contributed by atoms with Crippen LogP contribution in [-0.4, -0.2) is 52.0 Å². The lowest BCUT2D eigenvalue weighted by Gasteiger charge is -2.08. The predicted octanol–water partition coefficient (Wildman–Crippen LogP) is 3.05. The molecule has 0 spiro atoms. The number of nitrogens with one attached hydrogen (secondary N) is 2. The summed E-state index contributed by atoms with van der Waals surface area (Å²) in [7, 11) is 3.33. The van der Waals surface area contributed by atoms with Crippen molar-refractivity contribution in [2.45, 2.75) is 25.0 Å². The van der Waals surface area contributed by atoms with Crippen LogP contribution in [0.15, 0.2) is 53.7 Å². The van der Waals surface area contributed by atoms with Gasteiger partial charge in [-0.3, -0.25) is 9.59 Å². The number of anilines is 1. The number of ether oxygens (including phenoxy) is 2. The van der Waals surface area contributed by atoms with Crippen molar-refractivity contribution in [2.75, 3.05) is 24.8 Å². The molecule has 2 N–H and O–H groups in total. The molecule has 2 amide bonds. The zero-order valence-corrected chi connectivity index (χ0v) is 20.6. The highest BCUT2D eigenvalue weighted by molar-refractivity contribution is 7.99. The van der Waals surface area contributed by atoms with Gasteiger partial charge < -0.3 is 24.7 Å². The van der Waals surface area contributed by atoms with E-state index in [1.807, 2.05) is 6.92 Å². The van der Waals surface area contributed by atoms with Crippen molar-refractivity contribution < 1.29 is 23.9 Å². The first-order chi connectivity index (χ1) is 16.9. The molecule has 0 saturated heterocycles. The lowest BCUT2D eigenvalue weighted by Crippen LogP contribution is -2.24. The topological polar surface area (TPSA) is 124 Å². The smallest absolute Gasteiger partial charge is 0.338 e. The molecule has 0 saturated carbocycles. The van der Waals surface area contributed by atoms with Crippen LogP contribution in [0.5, 0.6) is 5.75 Å². The highest BCUT2D eigenvalue weighted by Gasteiger charge is 2.14. The molecule has 3 rings (SSSR count). The van der Waals surface area contributed by atoms with Gasteiger partial charge in [0.2, 0.25) is 5.91 Å². The van der Waals surface area contributed by atoms with Crippen molar-refractivity contribution >= 4 is 35.2 Å². The molecule has 0 bridgehead atoms. The fourth-order valence-electron chi connectivity index (χ4n) is 2.96. The van der Waals surface area contributed by atoms with Gasteiger partial charge in [-0.15, -0.1) is 10.2 Å². The molecule has 35 heavy (non-hydrogen) atoms. The molecule has 1 heterocycles. The molecular formula is C24H27N5O5S. The van der Waals surface area contributed by atoms with Gasteiger partial charge in [0, 0.05) is 18.3 Å². The first kappa shape index (κ1) is 25.8. The van der Waals surface area contributed by atoms with Crippen LogP contribution in [-0.2, 0) is 23.1 Å². The Hall–Kier alpha value is -3.86. The Morgan fingerprint density at radius 2 is 1.83 bits per heavy atom. The number of hydrogen-bond acceptors (Lipinski definition) is 8. The van der Waals surface area contributed by atoms with Crippen molar-refractivity contribution in [2.24, 2.45) is 7.05 Å². The number of benzene rings is 2. The van der Waals surface area contributed by atoms with Crippen LogP contribution < -0.4 is 15.4 Å². The number of rotatable bonds is 11.